The molecule has 2 heteroatoms. The lowest BCUT2D eigenvalue weighted by atomic mass is 9.88. The second-order valence-electron chi connectivity index (χ2n) is 6.17. The molecule has 0 aromatic heterocycles. The minimum atomic E-state index is -0.100. The molecule has 3 atom stereocenters. The SMILES string of the molecule is C[C@@H](N[C@@H]1CCCC[C@H]1O)C1CCCCCC1. The highest BCUT2D eigenvalue weighted by Gasteiger charge is 2.27. The Morgan fingerprint density at radius 2 is 1.47 bits per heavy atom. The van der Waals surface area contributed by atoms with E-state index in [1.54, 1.807) is 0 Å². The normalized spacial score (nSPS) is 34.2. The van der Waals surface area contributed by atoms with Gasteiger partial charge in [0.05, 0.1) is 6.10 Å². The summed E-state index contributed by atoms with van der Waals surface area (Å²) in [6.45, 7) is 2.33. The first-order valence-electron chi connectivity index (χ1n) is 7.71. The molecule has 2 fully saturated rings. The highest BCUT2D eigenvalue weighted by molar-refractivity contribution is 4.85. The third-order valence-corrected chi connectivity index (χ3v) is 4.81. The van der Waals surface area contributed by atoms with E-state index in [1.165, 1.54) is 51.4 Å². The van der Waals surface area contributed by atoms with Crippen molar-refractivity contribution in [3.05, 3.63) is 0 Å². The summed E-state index contributed by atoms with van der Waals surface area (Å²) < 4.78 is 0. The third kappa shape index (κ3) is 3.96. The Hall–Kier alpha value is -0.0800. The van der Waals surface area contributed by atoms with Crippen molar-refractivity contribution >= 4 is 0 Å². The van der Waals surface area contributed by atoms with Gasteiger partial charge in [0.15, 0.2) is 0 Å². The van der Waals surface area contributed by atoms with Gasteiger partial charge in [-0.3, -0.25) is 0 Å². The summed E-state index contributed by atoms with van der Waals surface area (Å²) in [6, 6.07) is 0.952. The minimum absolute atomic E-state index is 0.100. The maximum absolute atomic E-state index is 10.0. The standard InChI is InChI=1S/C15H29NO/c1-12(13-8-4-2-3-5-9-13)16-14-10-6-7-11-15(14)17/h12-17H,2-11H2,1H3/t12-,14-,15-/m1/s1. The second kappa shape index (κ2) is 6.75. The largest absolute Gasteiger partial charge is 0.392 e. The average molecular weight is 239 g/mol. The molecule has 100 valence electrons. The van der Waals surface area contributed by atoms with E-state index < -0.39 is 0 Å². The van der Waals surface area contributed by atoms with E-state index in [0.717, 1.165) is 18.8 Å². The van der Waals surface area contributed by atoms with Crippen LogP contribution in [0.5, 0.6) is 0 Å². The molecule has 2 N–H and O–H groups in total. The lowest BCUT2D eigenvalue weighted by Gasteiger charge is -2.34. The quantitative estimate of drug-likeness (QED) is 0.741. The number of rotatable bonds is 3. The summed E-state index contributed by atoms with van der Waals surface area (Å²) in [7, 11) is 0. The average Bonchev–Trinajstić information content (AvgIpc) is 2.61. The van der Waals surface area contributed by atoms with Gasteiger partial charge in [-0.1, -0.05) is 38.5 Å². The zero-order chi connectivity index (χ0) is 12.1. The Bertz CT molecular complexity index is 211. The zero-order valence-electron chi connectivity index (χ0n) is 11.3. The van der Waals surface area contributed by atoms with Crippen LogP contribution in [0.4, 0.5) is 0 Å². The van der Waals surface area contributed by atoms with Crippen molar-refractivity contribution in [1.29, 1.82) is 0 Å². The van der Waals surface area contributed by atoms with Gasteiger partial charge in [-0.05, 0) is 38.5 Å². The molecular weight excluding hydrogens is 210 g/mol. The van der Waals surface area contributed by atoms with Gasteiger partial charge in [0.25, 0.3) is 0 Å². The van der Waals surface area contributed by atoms with E-state index in [9.17, 15) is 5.11 Å². The lowest BCUT2D eigenvalue weighted by Crippen LogP contribution is -2.48. The Morgan fingerprint density at radius 3 is 2.12 bits per heavy atom. The molecule has 0 spiro atoms. The van der Waals surface area contributed by atoms with Crippen LogP contribution in [0.2, 0.25) is 0 Å². The topological polar surface area (TPSA) is 32.3 Å². The van der Waals surface area contributed by atoms with Crippen LogP contribution < -0.4 is 5.32 Å². The van der Waals surface area contributed by atoms with Crippen molar-refractivity contribution in [1.82, 2.24) is 5.32 Å². The molecule has 0 aromatic carbocycles. The van der Waals surface area contributed by atoms with Crippen LogP contribution in [0.3, 0.4) is 0 Å². The lowest BCUT2D eigenvalue weighted by molar-refractivity contribution is 0.0803. The number of hydrogen-bond acceptors (Lipinski definition) is 2. The molecule has 0 amide bonds. The molecule has 0 aliphatic heterocycles. The van der Waals surface area contributed by atoms with Crippen LogP contribution in [-0.4, -0.2) is 23.3 Å². The summed E-state index contributed by atoms with van der Waals surface area (Å²) in [5.41, 5.74) is 0. The highest BCUT2D eigenvalue weighted by Crippen LogP contribution is 2.27. The van der Waals surface area contributed by atoms with Gasteiger partial charge in [0.1, 0.15) is 0 Å². The monoisotopic (exact) mass is 239 g/mol. The molecule has 0 aromatic rings. The molecular formula is C15H29NO. The molecule has 0 saturated heterocycles. The molecule has 0 radical (unpaired) electrons. The first-order valence-corrected chi connectivity index (χ1v) is 7.71. The fourth-order valence-electron chi connectivity index (χ4n) is 3.59. The number of nitrogens with one attached hydrogen (secondary N) is 1. The van der Waals surface area contributed by atoms with Gasteiger partial charge in [-0.25, -0.2) is 0 Å². The number of aliphatic hydroxyl groups is 1. The van der Waals surface area contributed by atoms with Gasteiger partial charge in [-0.15, -0.1) is 0 Å². The van der Waals surface area contributed by atoms with E-state index in [2.05, 4.69) is 12.2 Å². The minimum Gasteiger partial charge on any atom is -0.392 e. The van der Waals surface area contributed by atoms with E-state index in [0.29, 0.717) is 12.1 Å². The fraction of sp³-hybridized carbons (Fsp3) is 1.00. The third-order valence-electron chi connectivity index (χ3n) is 4.81. The first kappa shape index (κ1) is 13.4. The van der Waals surface area contributed by atoms with Crippen molar-refractivity contribution in [2.75, 3.05) is 0 Å². The van der Waals surface area contributed by atoms with Crippen LogP contribution in [0.15, 0.2) is 0 Å². The van der Waals surface area contributed by atoms with Crippen molar-refractivity contribution in [2.24, 2.45) is 5.92 Å². The van der Waals surface area contributed by atoms with Crippen LogP contribution in [0.1, 0.15) is 71.1 Å². The Balaban J connectivity index is 1.79. The predicted octanol–water partition coefficient (Wildman–Crippen LogP) is 3.24. The molecule has 0 unspecified atom stereocenters. The molecule has 2 nitrogen and oxygen atoms in total. The number of hydrogen-bond donors (Lipinski definition) is 2. The predicted molar refractivity (Wildman–Crippen MR) is 72.1 cm³/mol. The summed E-state index contributed by atoms with van der Waals surface area (Å²) in [6.07, 6.45) is 13.0. The van der Waals surface area contributed by atoms with Gasteiger partial charge in [0, 0.05) is 12.1 Å². The van der Waals surface area contributed by atoms with Crippen molar-refractivity contribution in [3.8, 4) is 0 Å². The van der Waals surface area contributed by atoms with Crippen LogP contribution in [-0.2, 0) is 0 Å². The molecule has 17 heavy (non-hydrogen) atoms. The molecule has 2 aliphatic carbocycles. The summed E-state index contributed by atoms with van der Waals surface area (Å²) >= 11 is 0. The van der Waals surface area contributed by atoms with Crippen LogP contribution in [0, 0.1) is 5.92 Å². The highest BCUT2D eigenvalue weighted by atomic mass is 16.3. The Labute approximate surface area is 106 Å². The maximum atomic E-state index is 10.0. The van der Waals surface area contributed by atoms with Crippen LogP contribution in [0.25, 0.3) is 0 Å². The van der Waals surface area contributed by atoms with Crippen molar-refractivity contribution in [3.63, 3.8) is 0 Å². The van der Waals surface area contributed by atoms with Gasteiger partial charge < -0.3 is 10.4 Å². The molecule has 2 rings (SSSR count). The van der Waals surface area contributed by atoms with Crippen molar-refractivity contribution < 1.29 is 5.11 Å². The molecule has 2 saturated carbocycles. The summed E-state index contributed by atoms with van der Waals surface area (Å²) in [4.78, 5) is 0. The Kier molecular flexibility index (Phi) is 5.30. The van der Waals surface area contributed by atoms with Gasteiger partial charge in [-0.2, -0.15) is 0 Å². The summed E-state index contributed by atoms with van der Waals surface area (Å²) in [5, 5.41) is 13.7. The molecule has 0 heterocycles. The van der Waals surface area contributed by atoms with E-state index in [-0.39, 0.29) is 6.10 Å². The van der Waals surface area contributed by atoms with Gasteiger partial charge >= 0.3 is 0 Å². The summed E-state index contributed by atoms with van der Waals surface area (Å²) in [5.74, 6) is 0.839. The van der Waals surface area contributed by atoms with E-state index >= 15 is 0 Å². The smallest absolute Gasteiger partial charge is 0.0693 e. The maximum Gasteiger partial charge on any atom is 0.0693 e. The zero-order valence-corrected chi connectivity index (χ0v) is 11.3. The van der Waals surface area contributed by atoms with E-state index in [1.807, 2.05) is 0 Å². The molecule has 2 aliphatic rings. The van der Waals surface area contributed by atoms with Gasteiger partial charge in [0.2, 0.25) is 0 Å². The van der Waals surface area contributed by atoms with Crippen LogP contribution >= 0.6 is 0 Å². The number of aliphatic hydroxyl groups excluding tert-OH is 1. The Morgan fingerprint density at radius 1 is 0.882 bits per heavy atom. The fourth-order valence-corrected chi connectivity index (χ4v) is 3.59. The first-order chi connectivity index (χ1) is 8.27. The van der Waals surface area contributed by atoms with E-state index in [4.69, 9.17) is 0 Å². The molecule has 0 bridgehead atoms. The second-order valence-corrected chi connectivity index (χ2v) is 6.17. The van der Waals surface area contributed by atoms with Crippen molar-refractivity contribution in [2.45, 2.75) is 89.3 Å².